The van der Waals surface area contributed by atoms with E-state index in [0.717, 1.165) is 17.7 Å². The van der Waals surface area contributed by atoms with Gasteiger partial charge in [0.1, 0.15) is 12.1 Å². The highest BCUT2D eigenvalue weighted by Gasteiger charge is 2.49. The minimum Gasteiger partial charge on any atom is -0.454 e. The van der Waals surface area contributed by atoms with Crippen LogP contribution in [0.3, 0.4) is 0 Å². The molecule has 2 aliphatic heterocycles. The number of carbonyl (C=O) groups is 4. The number of nitrogens with one attached hydrogen (secondary N) is 2. The van der Waals surface area contributed by atoms with Gasteiger partial charge in [-0.25, -0.2) is 4.79 Å². The summed E-state index contributed by atoms with van der Waals surface area (Å²) in [5.74, 6) is -1.85. The maximum atomic E-state index is 12.7. The van der Waals surface area contributed by atoms with Gasteiger partial charge in [-0.15, -0.1) is 0 Å². The van der Waals surface area contributed by atoms with E-state index in [1.54, 1.807) is 37.3 Å². The van der Waals surface area contributed by atoms with E-state index in [4.69, 9.17) is 9.47 Å². The van der Waals surface area contributed by atoms with Crippen molar-refractivity contribution in [1.29, 1.82) is 0 Å². The molecule has 9 nitrogen and oxygen atoms in total. The minimum absolute atomic E-state index is 0.0127. The summed E-state index contributed by atoms with van der Waals surface area (Å²) in [5, 5.41) is 5.23. The summed E-state index contributed by atoms with van der Waals surface area (Å²) in [6, 6.07) is 8.07. The molecule has 1 aromatic rings. The summed E-state index contributed by atoms with van der Waals surface area (Å²) in [6.07, 6.45) is 1.83. The number of nitrogens with zero attached hydrogens (tertiary/aromatic N) is 1. The van der Waals surface area contributed by atoms with Gasteiger partial charge in [0.15, 0.2) is 6.61 Å². The number of benzene rings is 1. The predicted octanol–water partition coefficient (Wildman–Crippen LogP) is 0.292. The Morgan fingerprint density at radius 2 is 2.07 bits per heavy atom. The van der Waals surface area contributed by atoms with Crippen LogP contribution in [0.15, 0.2) is 30.3 Å². The first-order valence-corrected chi connectivity index (χ1v) is 9.13. The van der Waals surface area contributed by atoms with E-state index in [1.807, 2.05) is 0 Å². The monoisotopic (exact) mass is 389 g/mol. The van der Waals surface area contributed by atoms with Gasteiger partial charge < -0.3 is 20.1 Å². The number of esters is 1. The first-order chi connectivity index (χ1) is 13.4. The molecule has 0 unspecified atom stereocenters. The van der Waals surface area contributed by atoms with E-state index in [0.29, 0.717) is 18.7 Å². The lowest BCUT2D eigenvalue weighted by Gasteiger charge is -2.21. The molecule has 1 aromatic carbocycles. The van der Waals surface area contributed by atoms with Gasteiger partial charge in [0.2, 0.25) is 0 Å². The van der Waals surface area contributed by atoms with Crippen LogP contribution in [-0.4, -0.2) is 61.1 Å². The van der Waals surface area contributed by atoms with Gasteiger partial charge in [0, 0.05) is 13.2 Å². The zero-order valence-corrected chi connectivity index (χ0v) is 15.6. The third-order valence-electron chi connectivity index (χ3n) is 4.83. The number of amides is 4. The number of ether oxygens (including phenoxy) is 2. The molecule has 0 radical (unpaired) electrons. The number of imide groups is 1. The van der Waals surface area contributed by atoms with E-state index in [2.05, 4.69) is 10.6 Å². The van der Waals surface area contributed by atoms with Crippen LogP contribution >= 0.6 is 0 Å². The average molecular weight is 389 g/mol. The predicted molar refractivity (Wildman–Crippen MR) is 97.0 cm³/mol. The van der Waals surface area contributed by atoms with E-state index < -0.39 is 42.5 Å². The highest BCUT2D eigenvalue weighted by Crippen LogP contribution is 2.28. The van der Waals surface area contributed by atoms with Gasteiger partial charge in [-0.05, 0) is 25.3 Å². The summed E-state index contributed by atoms with van der Waals surface area (Å²) in [4.78, 5) is 49.4. The summed E-state index contributed by atoms with van der Waals surface area (Å²) in [5.41, 5.74) is -0.644. The van der Waals surface area contributed by atoms with Crippen LogP contribution in [-0.2, 0) is 29.4 Å². The first kappa shape index (κ1) is 19.8. The number of urea groups is 1. The molecule has 0 saturated carbocycles. The van der Waals surface area contributed by atoms with E-state index >= 15 is 0 Å². The van der Waals surface area contributed by atoms with Crippen LogP contribution in [0.25, 0.3) is 0 Å². The van der Waals surface area contributed by atoms with Crippen molar-refractivity contribution < 1.29 is 28.7 Å². The van der Waals surface area contributed by atoms with E-state index in [1.165, 1.54) is 0 Å². The number of hydrogen-bond donors (Lipinski definition) is 2. The SMILES string of the molecule is C[C@@]1(c2ccccc2)NC(=O)N(CC(=O)OCC(=O)NC[C@@H]2CCCO2)C1=O. The largest absolute Gasteiger partial charge is 0.454 e. The molecule has 2 heterocycles. The molecule has 0 bridgehead atoms. The zero-order valence-electron chi connectivity index (χ0n) is 15.6. The van der Waals surface area contributed by atoms with E-state index in [-0.39, 0.29) is 6.10 Å². The normalized spacial score (nSPS) is 24.2. The van der Waals surface area contributed by atoms with Crippen molar-refractivity contribution in [3.05, 3.63) is 35.9 Å². The highest BCUT2D eigenvalue weighted by molar-refractivity contribution is 6.08. The highest BCUT2D eigenvalue weighted by atomic mass is 16.5. The standard InChI is InChI=1S/C19H23N3O6/c1-19(13-6-3-2-4-7-13)17(25)22(18(26)21-19)11-16(24)28-12-15(23)20-10-14-8-5-9-27-14/h2-4,6-7,14H,5,8-12H2,1H3,(H,20,23)(H,21,26)/t14-,19-/m0/s1. The quantitative estimate of drug-likeness (QED) is 0.512. The fraction of sp³-hybridized carbons (Fsp3) is 0.474. The molecule has 150 valence electrons. The second-order valence-electron chi connectivity index (χ2n) is 6.91. The van der Waals surface area contributed by atoms with Gasteiger partial charge in [0.25, 0.3) is 11.8 Å². The van der Waals surface area contributed by atoms with Crippen molar-refractivity contribution in [2.24, 2.45) is 0 Å². The van der Waals surface area contributed by atoms with Crippen molar-refractivity contribution in [3.8, 4) is 0 Å². The topological polar surface area (TPSA) is 114 Å². The van der Waals surface area contributed by atoms with Gasteiger partial charge >= 0.3 is 12.0 Å². The summed E-state index contributed by atoms with van der Waals surface area (Å²) < 4.78 is 10.3. The number of hydrogen-bond acceptors (Lipinski definition) is 6. The van der Waals surface area contributed by atoms with Crippen LogP contribution < -0.4 is 10.6 Å². The third-order valence-corrected chi connectivity index (χ3v) is 4.83. The summed E-state index contributed by atoms with van der Waals surface area (Å²) in [6.45, 7) is 1.58. The van der Waals surface area contributed by atoms with Gasteiger partial charge in [-0.3, -0.25) is 19.3 Å². The Balaban J connectivity index is 1.49. The average Bonchev–Trinajstić information content (AvgIpc) is 3.29. The first-order valence-electron chi connectivity index (χ1n) is 9.13. The summed E-state index contributed by atoms with van der Waals surface area (Å²) >= 11 is 0. The molecule has 2 fully saturated rings. The molecule has 4 amide bonds. The van der Waals surface area contributed by atoms with Gasteiger partial charge in [-0.2, -0.15) is 0 Å². The van der Waals surface area contributed by atoms with Gasteiger partial charge in [0.05, 0.1) is 6.10 Å². The molecule has 2 saturated heterocycles. The molecule has 2 atom stereocenters. The minimum atomic E-state index is -1.25. The third kappa shape index (κ3) is 4.30. The van der Waals surface area contributed by atoms with Crippen molar-refractivity contribution in [3.63, 3.8) is 0 Å². The Hall–Kier alpha value is -2.94. The molecular formula is C19H23N3O6. The van der Waals surface area contributed by atoms with Gasteiger partial charge in [-0.1, -0.05) is 30.3 Å². The van der Waals surface area contributed by atoms with Crippen LogP contribution in [0.1, 0.15) is 25.3 Å². The molecule has 9 heteroatoms. The molecule has 0 spiro atoms. The Bertz CT molecular complexity index is 762. The summed E-state index contributed by atoms with van der Waals surface area (Å²) in [7, 11) is 0. The Kier molecular flexibility index (Phi) is 5.93. The van der Waals surface area contributed by atoms with Crippen LogP contribution in [0.4, 0.5) is 4.79 Å². The van der Waals surface area contributed by atoms with Crippen molar-refractivity contribution in [2.75, 3.05) is 26.3 Å². The maximum Gasteiger partial charge on any atom is 0.326 e. The molecule has 0 aliphatic carbocycles. The molecular weight excluding hydrogens is 366 g/mol. The number of carbonyl (C=O) groups excluding carboxylic acids is 4. The van der Waals surface area contributed by atoms with Crippen LogP contribution in [0.5, 0.6) is 0 Å². The zero-order chi connectivity index (χ0) is 20.1. The molecule has 2 aliphatic rings. The molecule has 28 heavy (non-hydrogen) atoms. The second kappa shape index (κ2) is 8.39. The fourth-order valence-electron chi connectivity index (χ4n) is 3.21. The van der Waals surface area contributed by atoms with E-state index in [9.17, 15) is 19.2 Å². The fourth-order valence-corrected chi connectivity index (χ4v) is 3.21. The van der Waals surface area contributed by atoms with Crippen molar-refractivity contribution >= 4 is 23.8 Å². The smallest absolute Gasteiger partial charge is 0.326 e. The second-order valence-corrected chi connectivity index (χ2v) is 6.91. The van der Waals surface area contributed by atoms with Crippen LogP contribution in [0, 0.1) is 0 Å². The van der Waals surface area contributed by atoms with Crippen molar-refractivity contribution in [1.82, 2.24) is 15.5 Å². The lowest BCUT2D eigenvalue weighted by molar-refractivity contribution is -0.151. The molecule has 0 aromatic heterocycles. The van der Waals surface area contributed by atoms with Crippen molar-refractivity contribution in [2.45, 2.75) is 31.4 Å². The number of rotatable bonds is 7. The lowest BCUT2D eigenvalue weighted by Crippen LogP contribution is -2.42. The Morgan fingerprint density at radius 3 is 2.75 bits per heavy atom. The Morgan fingerprint density at radius 1 is 1.32 bits per heavy atom. The molecule has 3 rings (SSSR count). The Labute approximate surface area is 162 Å². The van der Waals surface area contributed by atoms with Crippen LogP contribution in [0.2, 0.25) is 0 Å². The lowest BCUT2D eigenvalue weighted by atomic mass is 9.92. The molecule has 2 N–H and O–H groups in total. The maximum absolute atomic E-state index is 12.7.